The summed E-state index contributed by atoms with van der Waals surface area (Å²) in [6, 6.07) is 0. The summed E-state index contributed by atoms with van der Waals surface area (Å²) in [6.45, 7) is 11.6. The summed E-state index contributed by atoms with van der Waals surface area (Å²) in [5.41, 5.74) is 0.362. The summed E-state index contributed by atoms with van der Waals surface area (Å²) in [4.78, 5) is 11.1. The first-order valence-corrected chi connectivity index (χ1v) is 13.5. The van der Waals surface area contributed by atoms with Gasteiger partial charge in [-0.25, -0.2) is 0 Å². The SMILES string of the molecule is CCC[C@H](CCC(=O)O)[C@H]1CCC2C(O[Si](C)(C)C)CCC[C@]21C. The van der Waals surface area contributed by atoms with Crippen LogP contribution in [0.5, 0.6) is 0 Å². The predicted octanol–water partition coefficient (Wildman–Crippen LogP) is 5.70. The van der Waals surface area contributed by atoms with Gasteiger partial charge in [0.2, 0.25) is 0 Å². The van der Waals surface area contributed by atoms with Crippen LogP contribution in [-0.2, 0) is 9.22 Å². The standard InChI is InChI=1S/C20H38O3Si/c1-6-8-15(10-13-19(21)22)16-11-12-17-18(23-24(3,4)5)9-7-14-20(16,17)2/h15-18H,6-14H2,1-5H3,(H,21,22)/t15-,16-,17?,18?,20+/m1/s1. The van der Waals surface area contributed by atoms with Gasteiger partial charge in [-0.2, -0.15) is 0 Å². The van der Waals surface area contributed by atoms with E-state index in [0.717, 1.165) is 12.8 Å². The van der Waals surface area contributed by atoms with Gasteiger partial charge in [0.15, 0.2) is 8.32 Å². The highest BCUT2D eigenvalue weighted by molar-refractivity contribution is 6.69. The minimum absolute atomic E-state index is 0.330. The lowest BCUT2D eigenvalue weighted by atomic mass is 9.60. The number of hydrogen-bond acceptors (Lipinski definition) is 2. The zero-order valence-electron chi connectivity index (χ0n) is 16.4. The summed E-state index contributed by atoms with van der Waals surface area (Å²) in [6.07, 6.45) is 10.3. The topological polar surface area (TPSA) is 46.5 Å². The van der Waals surface area contributed by atoms with E-state index < -0.39 is 14.3 Å². The highest BCUT2D eigenvalue weighted by Gasteiger charge is 2.53. The van der Waals surface area contributed by atoms with E-state index in [4.69, 9.17) is 9.53 Å². The van der Waals surface area contributed by atoms with E-state index >= 15 is 0 Å². The summed E-state index contributed by atoms with van der Waals surface area (Å²) in [5.74, 6) is 1.31. The van der Waals surface area contributed by atoms with Crippen LogP contribution in [0.4, 0.5) is 0 Å². The molecule has 0 amide bonds. The van der Waals surface area contributed by atoms with Crippen LogP contribution in [0.25, 0.3) is 0 Å². The number of fused-ring (bicyclic) bond motifs is 1. The molecule has 2 aliphatic carbocycles. The molecule has 24 heavy (non-hydrogen) atoms. The van der Waals surface area contributed by atoms with Gasteiger partial charge < -0.3 is 9.53 Å². The Hall–Kier alpha value is -0.353. The van der Waals surface area contributed by atoms with Crippen molar-refractivity contribution in [2.45, 2.75) is 97.4 Å². The Labute approximate surface area is 149 Å². The third-order valence-corrected chi connectivity index (χ3v) is 7.61. The van der Waals surface area contributed by atoms with Gasteiger partial charge in [0.1, 0.15) is 0 Å². The maximum atomic E-state index is 11.1. The molecule has 0 aromatic rings. The van der Waals surface area contributed by atoms with Crippen molar-refractivity contribution >= 4 is 14.3 Å². The molecule has 0 heterocycles. The molecule has 0 aliphatic heterocycles. The summed E-state index contributed by atoms with van der Waals surface area (Å²) < 4.78 is 6.59. The Morgan fingerprint density at radius 2 is 1.96 bits per heavy atom. The lowest BCUT2D eigenvalue weighted by molar-refractivity contribution is -0.137. The maximum absolute atomic E-state index is 11.1. The maximum Gasteiger partial charge on any atom is 0.303 e. The molecule has 140 valence electrons. The van der Waals surface area contributed by atoms with Crippen LogP contribution in [0.3, 0.4) is 0 Å². The highest BCUT2D eigenvalue weighted by Crippen LogP contribution is 2.59. The molecular weight excluding hydrogens is 316 g/mol. The fraction of sp³-hybridized carbons (Fsp3) is 0.950. The number of carboxylic acids is 1. The van der Waals surface area contributed by atoms with E-state index in [9.17, 15) is 4.79 Å². The molecular formula is C20H38O3Si. The molecule has 0 radical (unpaired) electrons. The fourth-order valence-corrected chi connectivity index (χ4v) is 6.95. The third-order valence-electron chi connectivity index (χ3n) is 6.60. The summed E-state index contributed by atoms with van der Waals surface area (Å²) >= 11 is 0. The predicted molar refractivity (Wildman–Crippen MR) is 102 cm³/mol. The second kappa shape index (κ2) is 7.90. The van der Waals surface area contributed by atoms with E-state index in [1.807, 2.05) is 0 Å². The van der Waals surface area contributed by atoms with Gasteiger partial charge in [-0.05, 0) is 74.9 Å². The van der Waals surface area contributed by atoms with Crippen molar-refractivity contribution in [1.29, 1.82) is 0 Å². The van der Waals surface area contributed by atoms with Crippen molar-refractivity contribution in [3.63, 3.8) is 0 Å². The molecule has 2 unspecified atom stereocenters. The fourth-order valence-electron chi connectivity index (χ4n) is 5.76. The van der Waals surface area contributed by atoms with Crippen molar-refractivity contribution in [2.24, 2.45) is 23.2 Å². The number of hydrogen-bond donors (Lipinski definition) is 1. The first-order chi connectivity index (χ1) is 11.2. The first kappa shape index (κ1) is 20.0. The average Bonchev–Trinajstić information content (AvgIpc) is 2.80. The normalized spacial score (nSPS) is 34.8. The molecule has 0 bridgehead atoms. The van der Waals surface area contributed by atoms with E-state index in [2.05, 4.69) is 33.5 Å². The molecule has 4 heteroatoms. The molecule has 3 nitrogen and oxygen atoms in total. The van der Waals surface area contributed by atoms with E-state index in [1.54, 1.807) is 0 Å². The zero-order valence-corrected chi connectivity index (χ0v) is 17.4. The monoisotopic (exact) mass is 354 g/mol. The largest absolute Gasteiger partial charge is 0.481 e. The van der Waals surface area contributed by atoms with Crippen LogP contribution >= 0.6 is 0 Å². The molecule has 2 saturated carbocycles. The number of carboxylic acid groups (broad SMARTS) is 1. The second-order valence-corrected chi connectivity index (χ2v) is 13.9. The minimum Gasteiger partial charge on any atom is -0.481 e. The average molecular weight is 355 g/mol. The van der Waals surface area contributed by atoms with Crippen molar-refractivity contribution in [1.82, 2.24) is 0 Å². The van der Waals surface area contributed by atoms with Crippen LogP contribution in [-0.4, -0.2) is 25.5 Å². The number of carbonyl (C=O) groups is 1. The van der Waals surface area contributed by atoms with Gasteiger partial charge >= 0.3 is 5.97 Å². The van der Waals surface area contributed by atoms with E-state index in [1.165, 1.54) is 38.5 Å². The minimum atomic E-state index is -1.51. The molecule has 2 aliphatic rings. The van der Waals surface area contributed by atoms with Crippen molar-refractivity contribution in [2.75, 3.05) is 0 Å². The van der Waals surface area contributed by atoms with Crippen LogP contribution in [0.1, 0.15) is 71.6 Å². The van der Waals surface area contributed by atoms with Gasteiger partial charge in [-0.15, -0.1) is 0 Å². The van der Waals surface area contributed by atoms with Gasteiger partial charge in [0.05, 0.1) is 0 Å². The van der Waals surface area contributed by atoms with Crippen LogP contribution in [0.15, 0.2) is 0 Å². The number of rotatable bonds is 8. The molecule has 2 rings (SSSR count). The summed E-state index contributed by atoms with van der Waals surface area (Å²) in [5, 5.41) is 9.12. The quantitative estimate of drug-likeness (QED) is 0.568. The molecule has 0 saturated heterocycles. The van der Waals surface area contributed by atoms with Crippen molar-refractivity contribution in [3.8, 4) is 0 Å². The number of aliphatic carboxylic acids is 1. The van der Waals surface area contributed by atoms with Crippen LogP contribution < -0.4 is 0 Å². The van der Waals surface area contributed by atoms with Gasteiger partial charge in [-0.1, -0.05) is 33.1 Å². The molecule has 0 aromatic carbocycles. The second-order valence-electron chi connectivity index (χ2n) is 9.44. The van der Waals surface area contributed by atoms with Gasteiger partial charge in [-0.3, -0.25) is 4.79 Å². The van der Waals surface area contributed by atoms with E-state index in [-0.39, 0.29) is 0 Å². The molecule has 5 atom stereocenters. The Morgan fingerprint density at radius 1 is 1.25 bits per heavy atom. The van der Waals surface area contributed by atoms with Gasteiger partial charge in [0, 0.05) is 12.5 Å². The Morgan fingerprint density at radius 3 is 2.54 bits per heavy atom. The molecule has 0 spiro atoms. The van der Waals surface area contributed by atoms with E-state index in [0.29, 0.717) is 35.7 Å². The van der Waals surface area contributed by atoms with Crippen molar-refractivity contribution in [3.05, 3.63) is 0 Å². The van der Waals surface area contributed by atoms with Crippen molar-refractivity contribution < 1.29 is 14.3 Å². The Bertz CT molecular complexity index is 431. The molecule has 1 N–H and O–H groups in total. The molecule has 2 fully saturated rings. The highest BCUT2D eigenvalue weighted by atomic mass is 28.4. The van der Waals surface area contributed by atoms with Crippen LogP contribution in [0.2, 0.25) is 19.6 Å². The Balaban J connectivity index is 2.13. The molecule has 0 aromatic heterocycles. The van der Waals surface area contributed by atoms with Crippen LogP contribution in [0, 0.1) is 23.2 Å². The smallest absolute Gasteiger partial charge is 0.303 e. The zero-order chi connectivity index (χ0) is 18.0. The van der Waals surface area contributed by atoms with Gasteiger partial charge in [0.25, 0.3) is 0 Å². The first-order valence-electron chi connectivity index (χ1n) is 10.1. The lowest BCUT2D eigenvalue weighted by Crippen LogP contribution is -2.46. The summed E-state index contributed by atoms with van der Waals surface area (Å²) in [7, 11) is -1.51. The third kappa shape index (κ3) is 4.63. The Kier molecular flexibility index (Phi) is 6.57. The lowest BCUT2D eigenvalue weighted by Gasteiger charge is -2.48.